The first kappa shape index (κ1) is 18.2. The summed E-state index contributed by atoms with van der Waals surface area (Å²) < 4.78 is 6.16. The Morgan fingerprint density at radius 1 is 1.25 bits per heavy atom. The second-order valence-electron chi connectivity index (χ2n) is 5.03. The molecule has 0 aliphatic carbocycles. The molecular formula is C16H22N4O3S. The zero-order valence-corrected chi connectivity index (χ0v) is 14.7. The van der Waals surface area contributed by atoms with Gasteiger partial charge in [-0.15, -0.1) is 0 Å². The molecule has 1 heterocycles. The maximum atomic E-state index is 11.8. The fraction of sp³-hybridized carbons (Fsp3) is 0.438. The fourth-order valence-corrected chi connectivity index (χ4v) is 2.82. The van der Waals surface area contributed by atoms with Crippen LogP contribution in [-0.2, 0) is 9.53 Å². The number of thiazole rings is 1. The third-order valence-electron chi connectivity index (χ3n) is 3.17. The van der Waals surface area contributed by atoms with Crippen molar-refractivity contribution in [3.05, 3.63) is 18.2 Å². The number of rotatable bonds is 8. The Kier molecular flexibility index (Phi) is 6.95. The molecule has 0 spiro atoms. The van der Waals surface area contributed by atoms with Gasteiger partial charge < -0.3 is 20.7 Å². The van der Waals surface area contributed by atoms with Crippen LogP contribution in [0.4, 0.5) is 15.6 Å². The van der Waals surface area contributed by atoms with Gasteiger partial charge in [0.05, 0.1) is 10.2 Å². The van der Waals surface area contributed by atoms with E-state index in [-0.39, 0.29) is 11.9 Å². The van der Waals surface area contributed by atoms with Gasteiger partial charge in [-0.2, -0.15) is 0 Å². The fourth-order valence-electron chi connectivity index (χ4n) is 1.96. The van der Waals surface area contributed by atoms with E-state index < -0.39 is 0 Å². The zero-order chi connectivity index (χ0) is 17.4. The summed E-state index contributed by atoms with van der Waals surface area (Å²) in [4.78, 5) is 27.6. The predicted octanol–water partition coefficient (Wildman–Crippen LogP) is 3.19. The van der Waals surface area contributed by atoms with Crippen LogP contribution in [0.5, 0.6) is 0 Å². The van der Waals surface area contributed by atoms with E-state index in [0.717, 1.165) is 16.6 Å². The summed E-state index contributed by atoms with van der Waals surface area (Å²) >= 11 is 1.40. The Morgan fingerprint density at radius 2 is 2.08 bits per heavy atom. The van der Waals surface area contributed by atoms with Crippen LogP contribution in [0.1, 0.15) is 26.7 Å². The first-order valence-electron chi connectivity index (χ1n) is 7.95. The number of carbonyl (C=O) groups excluding carboxylic acids is 2. The van der Waals surface area contributed by atoms with E-state index in [1.807, 2.05) is 19.1 Å². The molecule has 130 valence electrons. The molecule has 0 aliphatic rings. The standard InChI is InChI=1S/C16H22N4O3S/c1-3-14(21)20-16-19-12-10-11(6-7-13(12)24-16)18-15(22)17-8-5-9-23-4-2/h6-7,10H,3-5,8-9H2,1-2H3,(H2,17,18,22)(H,19,20,21). The van der Waals surface area contributed by atoms with Gasteiger partial charge in [0.25, 0.3) is 0 Å². The summed E-state index contributed by atoms with van der Waals surface area (Å²) in [5.74, 6) is -0.0705. The Labute approximate surface area is 144 Å². The minimum absolute atomic E-state index is 0.0705. The van der Waals surface area contributed by atoms with Crippen molar-refractivity contribution in [3.8, 4) is 0 Å². The van der Waals surface area contributed by atoms with E-state index in [1.54, 1.807) is 13.0 Å². The minimum atomic E-state index is -0.263. The topological polar surface area (TPSA) is 92.4 Å². The molecular weight excluding hydrogens is 328 g/mol. The molecule has 0 bridgehead atoms. The molecule has 3 amide bonds. The number of ether oxygens (including phenoxy) is 1. The summed E-state index contributed by atoms with van der Waals surface area (Å²) in [6.45, 7) is 5.60. The quantitative estimate of drug-likeness (QED) is 0.638. The summed E-state index contributed by atoms with van der Waals surface area (Å²) in [7, 11) is 0. The van der Waals surface area contributed by atoms with E-state index in [4.69, 9.17) is 4.74 Å². The van der Waals surface area contributed by atoms with Crippen molar-refractivity contribution in [2.75, 3.05) is 30.4 Å². The average molecular weight is 350 g/mol. The van der Waals surface area contributed by atoms with Crippen molar-refractivity contribution >= 4 is 44.3 Å². The molecule has 24 heavy (non-hydrogen) atoms. The van der Waals surface area contributed by atoms with Crippen LogP contribution in [0, 0.1) is 0 Å². The molecule has 7 nitrogen and oxygen atoms in total. The van der Waals surface area contributed by atoms with E-state index in [1.165, 1.54) is 11.3 Å². The van der Waals surface area contributed by atoms with Crippen LogP contribution in [-0.4, -0.2) is 36.7 Å². The van der Waals surface area contributed by atoms with Gasteiger partial charge >= 0.3 is 6.03 Å². The number of hydrogen-bond acceptors (Lipinski definition) is 5. The average Bonchev–Trinajstić information content (AvgIpc) is 2.95. The molecule has 3 N–H and O–H groups in total. The normalized spacial score (nSPS) is 10.6. The smallest absolute Gasteiger partial charge is 0.319 e. The molecule has 0 atom stereocenters. The Hall–Kier alpha value is -2.19. The SMILES string of the molecule is CCOCCCNC(=O)Nc1ccc2sc(NC(=O)CC)nc2c1. The molecule has 0 aliphatic heterocycles. The van der Waals surface area contributed by atoms with E-state index in [0.29, 0.717) is 37.0 Å². The van der Waals surface area contributed by atoms with Crippen molar-refractivity contribution in [1.82, 2.24) is 10.3 Å². The largest absolute Gasteiger partial charge is 0.382 e. The molecule has 1 aromatic carbocycles. The van der Waals surface area contributed by atoms with Gasteiger partial charge in [-0.1, -0.05) is 18.3 Å². The van der Waals surface area contributed by atoms with Gasteiger partial charge in [-0.25, -0.2) is 9.78 Å². The second kappa shape index (κ2) is 9.19. The highest BCUT2D eigenvalue weighted by molar-refractivity contribution is 7.22. The summed E-state index contributed by atoms with van der Waals surface area (Å²) in [6, 6.07) is 5.21. The van der Waals surface area contributed by atoms with Crippen LogP contribution in [0.25, 0.3) is 10.2 Å². The van der Waals surface area contributed by atoms with Crippen molar-refractivity contribution in [3.63, 3.8) is 0 Å². The lowest BCUT2D eigenvalue weighted by Crippen LogP contribution is -2.30. The molecule has 0 saturated heterocycles. The summed E-state index contributed by atoms with van der Waals surface area (Å²) in [6.07, 6.45) is 1.18. The number of carbonyl (C=O) groups is 2. The molecule has 0 fully saturated rings. The van der Waals surface area contributed by atoms with Crippen molar-refractivity contribution in [2.24, 2.45) is 0 Å². The highest BCUT2D eigenvalue weighted by Crippen LogP contribution is 2.28. The van der Waals surface area contributed by atoms with Gasteiger partial charge in [0.2, 0.25) is 5.91 Å². The van der Waals surface area contributed by atoms with Gasteiger partial charge in [-0.3, -0.25) is 4.79 Å². The molecule has 1 aromatic heterocycles. The second-order valence-corrected chi connectivity index (χ2v) is 6.07. The third kappa shape index (κ3) is 5.47. The number of hydrogen-bond donors (Lipinski definition) is 3. The first-order chi connectivity index (χ1) is 11.6. The maximum Gasteiger partial charge on any atom is 0.319 e. The third-order valence-corrected chi connectivity index (χ3v) is 4.12. The van der Waals surface area contributed by atoms with Gasteiger partial charge in [0.1, 0.15) is 0 Å². The molecule has 2 aromatic rings. The Morgan fingerprint density at radius 3 is 2.83 bits per heavy atom. The number of nitrogens with one attached hydrogen (secondary N) is 3. The summed E-state index contributed by atoms with van der Waals surface area (Å²) in [5, 5.41) is 8.85. The lowest BCUT2D eigenvalue weighted by atomic mass is 10.3. The molecule has 0 saturated carbocycles. The highest BCUT2D eigenvalue weighted by atomic mass is 32.1. The van der Waals surface area contributed by atoms with E-state index >= 15 is 0 Å². The van der Waals surface area contributed by atoms with Crippen molar-refractivity contribution in [2.45, 2.75) is 26.7 Å². The number of amides is 3. The van der Waals surface area contributed by atoms with Crippen LogP contribution in [0.2, 0.25) is 0 Å². The number of nitrogens with zero attached hydrogens (tertiary/aromatic N) is 1. The zero-order valence-electron chi connectivity index (χ0n) is 13.8. The van der Waals surface area contributed by atoms with Gasteiger partial charge in [0, 0.05) is 31.9 Å². The monoisotopic (exact) mass is 350 g/mol. The van der Waals surface area contributed by atoms with Crippen LogP contribution >= 0.6 is 11.3 Å². The number of urea groups is 1. The molecule has 0 radical (unpaired) electrons. The van der Waals surface area contributed by atoms with E-state index in [2.05, 4.69) is 20.9 Å². The number of benzene rings is 1. The number of fused-ring (bicyclic) bond motifs is 1. The summed E-state index contributed by atoms with van der Waals surface area (Å²) in [5.41, 5.74) is 1.39. The van der Waals surface area contributed by atoms with Crippen molar-refractivity contribution < 1.29 is 14.3 Å². The van der Waals surface area contributed by atoms with Gasteiger partial charge in [-0.05, 0) is 31.5 Å². The van der Waals surface area contributed by atoms with Crippen LogP contribution in [0.15, 0.2) is 18.2 Å². The lowest BCUT2D eigenvalue weighted by molar-refractivity contribution is -0.115. The van der Waals surface area contributed by atoms with Crippen LogP contribution in [0.3, 0.4) is 0 Å². The predicted molar refractivity (Wildman–Crippen MR) is 96.7 cm³/mol. The molecule has 0 unspecified atom stereocenters. The van der Waals surface area contributed by atoms with Crippen LogP contribution < -0.4 is 16.0 Å². The lowest BCUT2D eigenvalue weighted by Gasteiger charge is -2.07. The first-order valence-corrected chi connectivity index (χ1v) is 8.77. The number of aromatic nitrogens is 1. The molecule has 2 rings (SSSR count). The Bertz CT molecular complexity index is 702. The van der Waals surface area contributed by atoms with E-state index in [9.17, 15) is 9.59 Å². The molecule has 8 heteroatoms. The maximum absolute atomic E-state index is 11.8. The highest BCUT2D eigenvalue weighted by Gasteiger charge is 2.08. The number of anilines is 2. The minimum Gasteiger partial charge on any atom is -0.382 e. The van der Waals surface area contributed by atoms with Crippen molar-refractivity contribution in [1.29, 1.82) is 0 Å². The van der Waals surface area contributed by atoms with Gasteiger partial charge in [0.15, 0.2) is 5.13 Å². The Balaban J connectivity index is 1.90.